The smallest absolute Gasteiger partial charge is 0.411 e. The van der Waals surface area contributed by atoms with E-state index < -0.39 is 12.1 Å². The Morgan fingerprint density at radius 1 is 1.05 bits per heavy atom. The minimum absolute atomic E-state index is 0.00623. The molecule has 37 heavy (non-hydrogen) atoms. The average Bonchev–Trinajstić information content (AvgIpc) is 3.29. The van der Waals surface area contributed by atoms with Gasteiger partial charge in [0.1, 0.15) is 11.4 Å². The molecule has 3 aliphatic rings. The Morgan fingerprint density at radius 2 is 1.78 bits per heavy atom. The molecule has 2 aliphatic heterocycles. The maximum Gasteiger partial charge on any atom is 0.411 e. The van der Waals surface area contributed by atoms with Crippen LogP contribution < -0.4 is 5.32 Å². The van der Waals surface area contributed by atoms with Crippen molar-refractivity contribution in [2.75, 3.05) is 18.5 Å². The first-order valence-corrected chi connectivity index (χ1v) is 12.8. The molecule has 3 heterocycles. The highest BCUT2D eigenvalue weighted by atomic mass is 16.5. The van der Waals surface area contributed by atoms with Gasteiger partial charge in [0.05, 0.1) is 18.8 Å². The minimum Gasteiger partial charge on any atom is -0.481 e. The van der Waals surface area contributed by atoms with Gasteiger partial charge in [0.25, 0.3) is 0 Å². The van der Waals surface area contributed by atoms with Crippen LogP contribution in [-0.2, 0) is 26.3 Å². The lowest BCUT2D eigenvalue weighted by Gasteiger charge is -2.53. The van der Waals surface area contributed by atoms with Crippen LogP contribution in [0.1, 0.15) is 55.3 Å². The number of ether oxygens (including phenoxy) is 2. The third-order valence-corrected chi connectivity index (χ3v) is 7.87. The molecule has 1 saturated carbocycles. The van der Waals surface area contributed by atoms with Gasteiger partial charge in [-0.05, 0) is 55.6 Å². The number of anilines is 1. The van der Waals surface area contributed by atoms with E-state index in [0.717, 1.165) is 42.4 Å². The molecule has 8 heteroatoms. The molecule has 8 nitrogen and oxygen atoms in total. The van der Waals surface area contributed by atoms with Gasteiger partial charge in [0, 0.05) is 18.4 Å². The number of carbonyl (C=O) groups excluding carboxylic acids is 1. The zero-order chi connectivity index (χ0) is 25.9. The molecule has 2 saturated heterocycles. The molecule has 1 amide bonds. The van der Waals surface area contributed by atoms with E-state index in [9.17, 15) is 9.59 Å². The molecule has 0 spiro atoms. The molecule has 0 atom stereocenters. The number of aryl methyl sites for hydroxylation is 1. The summed E-state index contributed by atoms with van der Waals surface area (Å²) in [5, 5.41) is 15.9. The summed E-state index contributed by atoms with van der Waals surface area (Å²) in [4.78, 5) is 23.5. The number of nitrogens with zero attached hydrogens (tertiary/aromatic N) is 1. The molecule has 3 fully saturated rings. The lowest BCUT2D eigenvalue weighted by molar-refractivity contribution is -0.192. The van der Waals surface area contributed by atoms with Crippen molar-refractivity contribution >= 4 is 17.7 Å². The fourth-order valence-electron chi connectivity index (χ4n) is 5.51. The van der Waals surface area contributed by atoms with Crippen LogP contribution in [0.25, 0.3) is 11.3 Å². The Morgan fingerprint density at radius 3 is 2.43 bits per heavy atom. The van der Waals surface area contributed by atoms with Crippen molar-refractivity contribution in [1.82, 2.24) is 5.16 Å². The Hall–Kier alpha value is -3.65. The Balaban J connectivity index is 1.22. The number of fused-ring (bicyclic) bond motifs is 3. The standard InChI is InChI=1S/C29H32N2O6/c1-20-25(30-27(34)35-18-12-21-5-3-2-4-6-21)26(37-31-20)22-7-9-23(10-8-22)29-16-14-28(15-17-29,19-36-29)13-11-24(32)33/h2-10H,11-19H2,1H3,(H,30,34)(H,32,33). The van der Waals surface area contributed by atoms with E-state index in [1.54, 1.807) is 6.92 Å². The topological polar surface area (TPSA) is 111 Å². The number of aromatic nitrogens is 1. The molecule has 2 bridgehead atoms. The highest BCUT2D eigenvalue weighted by molar-refractivity contribution is 5.90. The van der Waals surface area contributed by atoms with Crippen LogP contribution in [0.3, 0.4) is 0 Å². The fraction of sp³-hybridized carbons (Fsp3) is 0.414. The maximum absolute atomic E-state index is 12.4. The molecule has 0 unspecified atom stereocenters. The van der Waals surface area contributed by atoms with Crippen LogP contribution in [0.4, 0.5) is 10.5 Å². The predicted octanol–water partition coefficient (Wildman–Crippen LogP) is 6.09. The lowest BCUT2D eigenvalue weighted by Crippen LogP contribution is -2.49. The van der Waals surface area contributed by atoms with Gasteiger partial charge in [0.2, 0.25) is 0 Å². The predicted molar refractivity (Wildman–Crippen MR) is 137 cm³/mol. The van der Waals surface area contributed by atoms with E-state index in [0.29, 0.717) is 36.6 Å². The summed E-state index contributed by atoms with van der Waals surface area (Å²) in [6, 6.07) is 17.9. The van der Waals surface area contributed by atoms with Gasteiger partial charge in [-0.15, -0.1) is 0 Å². The molecule has 2 aromatic carbocycles. The van der Waals surface area contributed by atoms with Crippen LogP contribution in [0.15, 0.2) is 59.1 Å². The summed E-state index contributed by atoms with van der Waals surface area (Å²) in [6.45, 7) is 2.64. The number of hydrogen-bond donors (Lipinski definition) is 2. The molecular formula is C29H32N2O6. The van der Waals surface area contributed by atoms with Crippen LogP contribution >= 0.6 is 0 Å². The normalized spacial score (nSPS) is 22.5. The number of benzene rings is 2. The largest absolute Gasteiger partial charge is 0.481 e. The Kier molecular flexibility index (Phi) is 7.02. The number of carboxylic acids is 1. The number of aliphatic carboxylic acids is 1. The van der Waals surface area contributed by atoms with Crippen molar-refractivity contribution in [2.45, 2.75) is 57.5 Å². The first-order chi connectivity index (χ1) is 17.9. The van der Waals surface area contributed by atoms with Gasteiger partial charge in [-0.3, -0.25) is 10.1 Å². The second-order valence-electron chi connectivity index (χ2n) is 10.2. The Labute approximate surface area is 216 Å². The number of rotatable bonds is 9. The van der Waals surface area contributed by atoms with Crippen molar-refractivity contribution in [1.29, 1.82) is 0 Å². The van der Waals surface area contributed by atoms with Crippen molar-refractivity contribution in [3.05, 3.63) is 71.4 Å². The van der Waals surface area contributed by atoms with Crippen molar-refractivity contribution in [2.24, 2.45) is 5.41 Å². The van der Waals surface area contributed by atoms with Gasteiger partial charge < -0.3 is 19.1 Å². The van der Waals surface area contributed by atoms with Crippen LogP contribution in [0.2, 0.25) is 0 Å². The summed E-state index contributed by atoms with van der Waals surface area (Å²) in [5.74, 6) is -0.271. The summed E-state index contributed by atoms with van der Waals surface area (Å²) < 4.78 is 17.3. The molecular weight excluding hydrogens is 472 g/mol. The van der Waals surface area contributed by atoms with Crippen LogP contribution in [0.5, 0.6) is 0 Å². The first kappa shape index (κ1) is 25.0. The van der Waals surface area contributed by atoms with Crippen LogP contribution in [-0.4, -0.2) is 35.5 Å². The second kappa shape index (κ2) is 10.4. The summed E-state index contributed by atoms with van der Waals surface area (Å²) in [5.41, 5.74) is 3.72. The molecule has 0 radical (unpaired) electrons. The van der Waals surface area contributed by atoms with E-state index >= 15 is 0 Å². The highest BCUT2D eigenvalue weighted by Gasteiger charge is 2.50. The summed E-state index contributed by atoms with van der Waals surface area (Å²) in [6.07, 6.45) is 4.67. The van der Waals surface area contributed by atoms with E-state index in [2.05, 4.69) is 10.5 Å². The number of carbonyl (C=O) groups is 2. The summed E-state index contributed by atoms with van der Waals surface area (Å²) >= 11 is 0. The minimum atomic E-state index is -0.746. The highest BCUT2D eigenvalue weighted by Crippen LogP contribution is 2.55. The maximum atomic E-state index is 12.4. The quantitative estimate of drug-likeness (QED) is 0.363. The number of nitrogens with one attached hydrogen (secondary N) is 1. The SMILES string of the molecule is Cc1noc(-c2ccc(C34CCC(CCC(=O)O)(CC3)CO4)cc2)c1NC(=O)OCCc1ccccc1. The van der Waals surface area contributed by atoms with Crippen molar-refractivity contribution in [3.8, 4) is 11.3 Å². The molecule has 3 aromatic rings. The molecule has 1 aliphatic carbocycles. The molecule has 194 valence electrons. The van der Waals surface area contributed by atoms with E-state index in [-0.39, 0.29) is 24.0 Å². The number of hydrogen-bond acceptors (Lipinski definition) is 6. The van der Waals surface area contributed by atoms with E-state index in [1.807, 2.05) is 54.6 Å². The molecule has 2 N–H and O–H groups in total. The van der Waals surface area contributed by atoms with Gasteiger partial charge in [0.15, 0.2) is 5.76 Å². The van der Waals surface area contributed by atoms with Gasteiger partial charge in [-0.1, -0.05) is 59.8 Å². The Bertz CT molecular complexity index is 1230. The molecule has 1 aromatic heterocycles. The van der Waals surface area contributed by atoms with Crippen molar-refractivity contribution in [3.63, 3.8) is 0 Å². The van der Waals surface area contributed by atoms with Gasteiger partial charge >= 0.3 is 12.1 Å². The van der Waals surface area contributed by atoms with Gasteiger partial charge in [-0.2, -0.15) is 0 Å². The zero-order valence-electron chi connectivity index (χ0n) is 21.0. The monoisotopic (exact) mass is 504 g/mol. The van der Waals surface area contributed by atoms with Crippen LogP contribution in [0, 0.1) is 12.3 Å². The molecule has 6 rings (SSSR count). The average molecular weight is 505 g/mol. The third-order valence-electron chi connectivity index (χ3n) is 7.87. The van der Waals surface area contributed by atoms with E-state index in [4.69, 9.17) is 19.1 Å². The zero-order valence-corrected chi connectivity index (χ0v) is 21.0. The van der Waals surface area contributed by atoms with E-state index in [1.165, 1.54) is 0 Å². The third kappa shape index (κ3) is 5.39. The van der Waals surface area contributed by atoms with Gasteiger partial charge in [-0.25, -0.2) is 4.79 Å². The first-order valence-electron chi connectivity index (χ1n) is 12.8. The number of amides is 1. The number of carboxylic acid groups (broad SMARTS) is 1. The fourth-order valence-corrected chi connectivity index (χ4v) is 5.51. The summed E-state index contributed by atoms with van der Waals surface area (Å²) in [7, 11) is 0. The second-order valence-corrected chi connectivity index (χ2v) is 10.2. The van der Waals surface area contributed by atoms with Crippen molar-refractivity contribution < 1.29 is 28.7 Å². The lowest BCUT2D eigenvalue weighted by atomic mass is 9.62.